The molecule has 1 aliphatic heterocycles. The van der Waals surface area contributed by atoms with Crippen molar-refractivity contribution in [3.63, 3.8) is 0 Å². The first-order valence-electron chi connectivity index (χ1n) is 8.57. The Labute approximate surface area is 164 Å². The van der Waals surface area contributed by atoms with Gasteiger partial charge in [0.15, 0.2) is 16.6 Å². The smallest absolute Gasteiger partial charge is 0.236 e. The Morgan fingerprint density at radius 3 is 2.81 bits per heavy atom. The number of carbonyl (C=O) groups is 1. The Bertz CT molecular complexity index is 1050. The van der Waals surface area contributed by atoms with Gasteiger partial charge >= 0.3 is 0 Å². The molecule has 1 amide bonds. The third-order valence-electron chi connectivity index (χ3n) is 4.95. The van der Waals surface area contributed by atoms with Crippen LogP contribution in [0.15, 0.2) is 47.8 Å². The number of ether oxygens (including phenoxy) is 2. The van der Waals surface area contributed by atoms with E-state index in [2.05, 4.69) is 10.3 Å². The van der Waals surface area contributed by atoms with Crippen LogP contribution in [0.5, 0.6) is 11.5 Å². The molecule has 1 fully saturated rings. The van der Waals surface area contributed by atoms with Gasteiger partial charge in [-0.25, -0.2) is 4.98 Å². The highest BCUT2D eigenvalue weighted by atomic mass is 35.5. The van der Waals surface area contributed by atoms with Gasteiger partial charge in [-0.05, 0) is 42.7 Å². The number of aromatic nitrogens is 1. The molecule has 0 saturated heterocycles. The molecule has 0 atom stereocenters. The summed E-state index contributed by atoms with van der Waals surface area (Å²) in [5.41, 5.74) is 2.17. The van der Waals surface area contributed by atoms with E-state index in [9.17, 15) is 4.79 Å². The number of rotatable bonds is 4. The highest BCUT2D eigenvalue weighted by Crippen LogP contribution is 2.51. The first kappa shape index (κ1) is 16.6. The van der Waals surface area contributed by atoms with E-state index in [1.807, 2.05) is 47.8 Å². The molecule has 0 bridgehead atoms. The van der Waals surface area contributed by atoms with Crippen molar-refractivity contribution in [1.29, 1.82) is 0 Å². The lowest BCUT2D eigenvalue weighted by Crippen LogP contribution is -2.27. The van der Waals surface area contributed by atoms with Gasteiger partial charge in [-0.1, -0.05) is 29.8 Å². The van der Waals surface area contributed by atoms with Crippen LogP contribution >= 0.6 is 22.9 Å². The number of hydrogen-bond acceptors (Lipinski definition) is 5. The van der Waals surface area contributed by atoms with Crippen molar-refractivity contribution in [3.8, 4) is 22.8 Å². The highest BCUT2D eigenvalue weighted by molar-refractivity contribution is 7.14. The zero-order valence-electron chi connectivity index (χ0n) is 14.2. The topological polar surface area (TPSA) is 60.5 Å². The van der Waals surface area contributed by atoms with Crippen LogP contribution in [0.4, 0.5) is 5.13 Å². The maximum absolute atomic E-state index is 13.0. The zero-order chi connectivity index (χ0) is 18.4. The molecule has 5 rings (SSSR count). The number of halogens is 1. The summed E-state index contributed by atoms with van der Waals surface area (Å²) in [4.78, 5) is 17.5. The lowest BCUT2D eigenvalue weighted by Gasteiger charge is -2.15. The lowest BCUT2D eigenvalue weighted by atomic mass is 9.94. The average molecular weight is 399 g/mol. The predicted molar refractivity (Wildman–Crippen MR) is 105 cm³/mol. The maximum Gasteiger partial charge on any atom is 0.236 e. The molecule has 27 heavy (non-hydrogen) atoms. The van der Waals surface area contributed by atoms with Crippen molar-refractivity contribution in [1.82, 2.24) is 4.98 Å². The van der Waals surface area contributed by atoms with Crippen LogP contribution in [0, 0.1) is 0 Å². The minimum absolute atomic E-state index is 0.0339. The van der Waals surface area contributed by atoms with Gasteiger partial charge in [0.2, 0.25) is 12.7 Å². The quantitative estimate of drug-likeness (QED) is 0.681. The first-order chi connectivity index (χ1) is 13.1. The predicted octanol–water partition coefficient (Wildman–Crippen LogP) is 4.86. The Kier molecular flexibility index (Phi) is 3.84. The van der Waals surface area contributed by atoms with E-state index >= 15 is 0 Å². The third-order valence-corrected chi connectivity index (χ3v) is 5.95. The second-order valence-electron chi connectivity index (χ2n) is 6.65. The molecule has 0 radical (unpaired) electrons. The highest BCUT2D eigenvalue weighted by Gasteiger charge is 2.52. The minimum Gasteiger partial charge on any atom is -0.454 e. The molecule has 7 heteroatoms. The normalized spacial score (nSPS) is 16.2. The second-order valence-corrected chi connectivity index (χ2v) is 7.95. The van der Waals surface area contributed by atoms with E-state index in [1.54, 1.807) is 0 Å². The number of thiazole rings is 1. The van der Waals surface area contributed by atoms with Gasteiger partial charge in [0, 0.05) is 16.0 Å². The van der Waals surface area contributed by atoms with Crippen molar-refractivity contribution in [2.75, 3.05) is 12.1 Å². The molecule has 1 aliphatic carbocycles. The molecule has 3 aromatic rings. The van der Waals surface area contributed by atoms with Crippen molar-refractivity contribution >= 4 is 34.0 Å². The summed E-state index contributed by atoms with van der Waals surface area (Å²) in [5, 5.41) is 6.14. The van der Waals surface area contributed by atoms with E-state index in [-0.39, 0.29) is 12.7 Å². The average Bonchev–Trinajstić information content (AvgIpc) is 3.13. The monoisotopic (exact) mass is 398 g/mol. The van der Waals surface area contributed by atoms with Crippen LogP contribution in [0.25, 0.3) is 11.3 Å². The summed E-state index contributed by atoms with van der Waals surface area (Å²) in [6.45, 7) is 0.226. The number of anilines is 1. The van der Waals surface area contributed by atoms with Crippen LogP contribution in [0.1, 0.15) is 18.4 Å². The van der Waals surface area contributed by atoms with Crippen molar-refractivity contribution in [2.45, 2.75) is 18.3 Å². The third kappa shape index (κ3) is 2.95. The van der Waals surface area contributed by atoms with Gasteiger partial charge < -0.3 is 14.8 Å². The van der Waals surface area contributed by atoms with Crippen molar-refractivity contribution in [3.05, 3.63) is 58.4 Å². The lowest BCUT2D eigenvalue weighted by molar-refractivity contribution is -0.118. The maximum atomic E-state index is 13.0. The number of benzene rings is 2. The molecule has 2 heterocycles. The first-order valence-corrected chi connectivity index (χ1v) is 9.83. The van der Waals surface area contributed by atoms with E-state index in [4.69, 9.17) is 21.1 Å². The van der Waals surface area contributed by atoms with Crippen LogP contribution in [0.3, 0.4) is 0 Å². The van der Waals surface area contributed by atoms with Gasteiger partial charge in [0.25, 0.3) is 0 Å². The molecule has 0 spiro atoms. The summed E-state index contributed by atoms with van der Waals surface area (Å²) in [6, 6.07) is 13.2. The Morgan fingerprint density at radius 1 is 1.15 bits per heavy atom. The minimum atomic E-state index is -0.511. The van der Waals surface area contributed by atoms with Crippen molar-refractivity contribution in [2.24, 2.45) is 0 Å². The van der Waals surface area contributed by atoms with E-state index in [0.717, 1.165) is 35.4 Å². The number of carbonyl (C=O) groups excluding carboxylic acids is 1. The summed E-state index contributed by atoms with van der Waals surface area (Å²) in [6.07, 6.45) is 1.62. The molecule has 1 N–H and O–H groups in total. The standard InChI is InChI=1S/C20H15ClN2O3S/c21-14-3-1-2-12(8-14)15-10-27-19(22-15)23-18(24)20(6-7-20)13-4-5-16-17(9-13)26-11-25-16/h1-5,8-10H,6-7,11H2,(H,22,23,24). The van der Waals surface area contributed by atoms with Crippen LogP contribution in [-0.2, 0) is 10.2 Å². The Hall–Kier alpha value is -2.57. The van der Waals surface area contributed by atoms with Crippen LogP contribution < -0.4 is 14.8 Å². The van der Waals surface area contributed by atoms with E-state index in [1.165, 1.54) is 11.3 Å². The molecular weight excluding hydrogens is 384 g/mol. The fourth-order valence-electron chi connectivity index (χ4n) is 3.29. The molecule has 2 aromatic carbocycles. The summed E-state index contributed by atoms with van der Waals surface area (Å²) in [5.74, 6) is 1.39. The van der Waals surface area contributed by atoms with Gasteiger partial charge in [-0.2, -0.15) is 0 Å². The van der Waals surface area contributed by atoms with Crippen LogP contribution in [0.2, 0.25) is 5.02 Å². The molecule has 1 saturated carbocycles. The Balaban J connectivity index is 1.36. The molecule has 2 aliphatic rings. The molecule has 1 aromatic heterocycles. The summed E-state index contributed by atoms with van der Waals surface area (Å²) < 4.78 is 10.8. The van der Waals surface area contributed by atoms with E-state index in [0.29, 0.717) is 15.9 Å². The number of amides is 1. The molecular formula is C20H15ClN2O3S. The van der Waals surface area contributed by atoms with Gasteiger partial charge in [-0.15, -0.1) is 11.3 Å². The van der Waals surface area contributed by atoms with Gasteiger partial charge in [-0.3, -0.25) is 4.79 Å². The molecule has 136 valence electrons. The fourth-order valence-corrected chi connectivity index (χ4v) is 4.20. The second kappa shape index (κ2) is 6.25. The summed E-state index contributed by atoms with van der Waals surface area (Å²) in [7, 11) is 0. The zero-order valence-corrected chi connectivity index (χ0v) is 15.8. The van der Waals surface area contributed by atoms with Crippen molar-refractivity contribution < 1.29 is 14.3 Å². The van der Waals surface area contributed by atoms with Gasteiger partial charge in [0.05, 0.1) is 11.1 Å². The molecule has 5 nitrogen and oxygen atoms in total. The number of hydrogen-bond donors (Lipinski definition) is 1. The SMILES string of the molecule is O=C(Nc1nc(-c2cccc(Cl)c2)cs1)C1(c2ccc3c(c2)OCO3)CC1. The number of fused-ring (bicyclic) bond motifs is 1. The largest absolute Gasteiger partial charge is 0.454 e. The van der Waals surface area contributed by atoms with Gasteiger partial charge in [0.1, 0.15) is 0 Å². The summed E-state index contributed by atoms with van der Waals surface area (Å²) >= 11 is 7.46. The Morgan fingerprint density at radius 2 is 2.00 bits per heavy atom. The molecule has 0 unspecified atom stereocenters. The van der Waals surface area contributed by atoms with E-state index < -0.39 is 5.41 Å². The van der Waals surface area contributed by atoms with Crippen LogP contribution in [-0.4, -0.2) is 17.7 Å². The fraction of sp³-hybridized carbons (Fsp3) is 0.200. The number of nitrogens with zero attached hydrogens (tertiary/aromatic N) is 1. The number of nitrogens with one attached hydrogen (secondary N) is 1.